The molecule has 0 atom stereocenters. The van der Waals surface area contributed by atoms with Gasteiger partial charge in [0.25, 0.3) is 0 Å². The number of rotatable bonds is 3. The van der Waals surface area contributed by atoms with Gasteiger partial charge in [-0.05, 0) is 26.8 Å². The summed E-state index contributed by atoms with van der Waals surface area (Å²) in [6, 6.07) is 1.76. The number of aromatic nitrogens is 2. The van der Waals surface area contributed by atoms with Crippen molar-refractivity contribution < 1.29 is 9.21 Å². The molecule has 0 N–H and O–H groups in total. The van der Waals surface area contributed by atoms with E-state index in [1.54, 1.807) is 25.4 Å². The molecule has 2 rings (SSSR count). The van der Waals surface area contributed by atoms with E-state index in [2.05, 4.69) is 4.98 Å². The van der Waals surface area contributed by atoms with Gasteiger partial charge in [0.15, 0.2) is 5.82 Å². The molecule has 0 amide bonds. The second-order valence-corrected chi connectivity index (χ2v) is 3.69. The molecule has 0 saturated heterocycles. The van der Waals surface area contributed by atoms with Crippen LogP contribution in [0.5, 0.6) is 0 Å². The number of carbonyl (C=O) groups excluding carboxylic acids is 1. The average Bonchev–Trinajstić information content (AvgIpc) is 2.83. The van der Waals surface area contributed by atoms with Gasteiger partial charge in [-0.2, -0.15) is 0 Å². The third kappa shape index (κ3) is 1.66. The second kappa shape index (κ2) is 3.96. The molecule has 0 unspecified atom stereocenters. The van der Waals surface area contributed by atoms with Crippen LogP contribution in [-0.4, -0.2) is 15.3 Å². The van der Waals surface area contributed by atoms with E-state index in [1.165, 1.54) is 0 Å². The third-order valence-electron chi connectivity index (χ3n) is 2.54. The Morgan fingerprint density at radius 2 is 2.25 bits per heavy atom. The molecular formula is C12H14N2O2. The summed E-state index contributed by atoms with van der Waals surface area (Å²) in [6.45, 7) is 6.33. The van der Waals surface area contributed by atoms with Crippen LogP contribution in [0, 0.1) is 13.8 Å². The van der Waals surface area contributed by atoms with Crippen LogP contribution in [0.4, 0.5) is 0 Å². The monoisotopic (exact) mass is 218 g/mol. The zero-order valence-electron chi connectivity index (χ0n) is 9.65. The number of aryl methyl sites for hydroxylation is 3. The Morgan fingerprint density at radius 3 is 2.81 bits per heavy atom. The molecule has 0 fully saturated rings. The predicted octanol–water partition coefficient (Wildman–Crippen LogP) is 2.34. The highest BCUT2D eigenvalue weighted by Crippen LogP contribution is 2.17. The van der Waals surface area contributed by atoms with Gasteiger partial charge in [-0.25, -0.2) is 4.98 Å². The molecule has 2 aromatic heterocycles. The summed E-state index contributed by atoms with van der Waals surface area (Å²) < 4.78 is 7.17. The summed E-state index contributed by atoms with van der Waals surface area (Å²) in [6.07, 6.45) is 3.44. The van der Waals surface area contributed by atoms with E-state index in [0.29, 0.717) is 17.1 Å². The molecule has 16 heavy (non-hydrogen) atoms. The maximum atomic E-state index is 12.2. The SMILES string of the molecule is CCn1ccnc1C(=O)c1cc(C)oc1C. The topological polar surface area (TPSA) is 48.0 Å². The molecule has 0 aliphatic carbocycles. The number of carbonyl (C=O) groups is 1. The minimum atomic E-state index is -0.0822. The number of nitrogens with zero attached hydrogens (tertiary/aromatic N) is 2. The highest BCUT2D eigenvalue weighted by molar-refractivity contribution is 6.07. The van der Waals surface area contributed by atoms with Crippen molar-refractivity contribution in [3.8, 4) is 0 Å². The van der Waals surface area contributed by atoms with Crippen molar-refractivity contribution in [1.29, 1.82) is 0 Å². The maximum absolute atomic E-state index is 12.2. The van der Waals surface area contributed by atoms with Gasteiger partial charge in [0.2, 0.25) is 5.78 Å². The van der Waals surface area contributed by atoms with Crippen LogP contribution >= 0.6 is 0 Å². The molecule has 0 aromatic carbocycles. The van der Waals surface area contributed by atoms with Crippen LogP contribution in [0.25, 0.3) is 0 Å². The summed E-state index contributed by atoms with van der Waals surface area (Å²) in [4.78, 5) is 16.3. The molecule has 0 radical (unpaired) electrons. The molecule has 0 aliphatic rings. The first-order chi connectivity index (χ1) is 7.63. The molecule has 0 aliphatic heterocycles. The Bertz CT molecular complexity index is 523. The van der Waals surface area contributed by atoms with Gasteiger partial charge >= 0.3 is 0 Å². The molecule has 4 heteroatoms. The zero-order valence-corrected chi connectivity index (χ0v) is 9.65. The molecule has 0 spiro atoms. The Balaban J connectivity index is 2.43. The molecule has 2 heterocycles. The lowest BCUT2D eigenvalue weighted by molar-refractivity contribution is 0.102. The van der Waals surface area contributed by atoms with Gasteiger partial charge in [0.1, 0.15) is 11.5 Å². The van der Waals surface area contributed by atoms with Crippen LogP contribution in [0.3, 0.4) is 0 Å². The van der Waals surface area contributed by atoms with Gasteiger partial charge in [0, 0.05) is 18.9 Å². The standard InChI is InChI=1S/C12H14N2O2/c1-4-14-6-5-13-12(14)11(15)10-7-8(2)16-9(10)3/h5-7H,4H2,1-3H3. The summed E-state index contributed by atoms with van der Waals surface area (Å²) in [5.74, 6) is 1.77. The van der Waals surface area contributed by atoms with Crippen LogP contribution < -0.4 is 0 Å². The minimum Gasteiger partial charge on any atom is -0.466 e. The molecular weight excluding hydrogens is 204 g/mol. The van der Waals surface area contributed by atoms with Gasteiger partial charge < -0.3 is 8.98 Å². The van der Waals surface area contributed by atoms with Gasteiger partial charge in [-0.15, -0.1) is 0 Å². The Labute approximate surface area is 93.9 Å². The number of furan rings is 1. The lowest BCUT2D eigenvalue weighted by atomic mass is 10.1. The van der Waals surface area contributed by atoms with Crippen molar-refractivity contribution in [3.05, 3.63) is 41.4 Å². The summed E-state index contributed by atoms with van der Waals surface area (Å²) in [7, 11) is 0. The second-order valence-electron chi connectivity index (χ2n) is 3.69. The van der Waals surface area contributed by atoms with Crippen molar-refractivity contribution >= 4 is 5.78 Å². The van der Waals surface area contributed by atoms with Crippen LogP contribution in [0.15, 0.2) is 22.9 Å². The van der Waals surface area contributed by atoms with E-state index in [-0.39, 0.29) is 5.78 Å². The fraction of sp³-hybridized carbons (Fsp3) is 0.333. The first-order valence-electron chi connectivity index (χ1n) is 5.26. The van der Waals surface area contributed by atoms with E-state index in [0.717, 1.165) is 12.3 Å². The highest BCUT2D eigenvalue weighted by atomic mass is 16.3. The summed E-state index contributed by atoms with van der Waals surface area (Å²) >= 11 is 0. The summed E-state index contributed by atoms with van der Waals surface area (Å²) in [5.41, 5.74) is 0.596. The Morgan fingerprint density at radius 1 is 1.50 bits per heavy atom. The Kier molecular flexibility index (Phi) is 2.64. The lowest BCUT2D eigenvalue weighted by Gasteiger charge is -2.02. The highest BCUT2D eigenvalue weighted by Gasteiger charge is 2.19. The Hall–Kier alpha value is -1.84. The third-order valence-corrected chi connectivity index (χ3v) is 2.54. The van der Waals surface area contributed by atoms with Gasteiger partial charge in [-0.3, -0.25) is 4.79 Å². The average molecular weight is 218 g/mol. The normalized spacial score (nSPS) is 10.7. The fourth-order valence-corrected chi connectivity index (χ4v) is 1.75. The lowest BCUT2D eigenvalue weighted by Crippen LogP contribution is -2.10. The van der Waals surface area contributed by atoms with Crippen molar-refractivity contribution in [3.63, 3.8) is 0 Å². The zero-order chi connectivity index (χ0) is 11.7. The largest absolute Gasteiger partial charge is 0.466 e. The van der Waals surface area contributed by atoms with Crippen LogP contribution in [-0.2, 0) is 6.54 Å². The smallest absolute Gasteiger partial charge is 0.231 e. The number of ketones is 1. The van der Waals surface area contributed by atoms with Crippen molar-refractivity contribution in [2.24, 2.45) is 0 Å². The molecule has 0 saturated carbocycles. The minimum absolute atomic E-state index is 0.0822. The van der Waals surface area contributed by atoms with E-state index >= 15 is 0 Å². The molecule has 84 valence electrons. The maximum Gasteiger partial charge on any atom is 0.231 e. The quantitative estimate of drug-likeness (QED) is 0.743. The summed E-state index contributed by atoms with van der Waals surface area (Å²) in [5, 5.41) is 0. The van der Waals surface area contributed by atoms with E-state index < -0.39 is 0 Å². The van der Waals surface area contributed by atoms with Crippen LogP contribution in [0.1, 0.15) is 34.6 Å². The number of imidazole rings is 1. The predicted molar refractivity (Wildman–Crippen MR) is 59.5 cm³/mol. The van der Waals surface area contributed by atoms with Gasteiger partial charge in [0.05, 0.1) is 5.56 Å². The molecule has 0 bridgehead atoms. The van der Waals surface area contributed by atoms with Crippen molar-refractivity contribution in [2.45, 2.75) is 27.3 Å². The van der Waals surface area contributed by atoms with Crippen LogP contribution in [0.2, 0.25) is 0 Å². The van der Waals surface area contributed by atoms with E-state index in [9.17, 15) is 4.79 Å². The van der Waals surface area contributed by atoms with E-state index in [4.69, 9.17) is 4.42 Å². The fourth-order valence-electron chi connectivity index (χ4n) is 1.75. The first kappa shape index (κ1) is 10.7. The van der Waals surface area contributed by atoms with Gasteiger partial charge in [-0.1, -0.05) is 0 Å². The molecule has 4 nitrogen and oxygen atoms in total. The number of hydrogen-bond acceptors (Lipinski definition) is 3. The first-order valence-corrected chi connectivity index (χ1v) is 5.26. The van der Waals surface area contributed by atoms with Crippen molar-refractivity contribution in [2.75, 3.05) is 0 Å². The van der Waals surface area contributed by atoms with E-state index in [1.807, 2.05) is 18.4 Å². The van der Waals surface area contributed by atoms with Crippen molar-refractivity contribution in [1.82, 2.24) is 9.55 Å². The number of hydrogen-bond donors (Lipinski definition) is 0. The molecule has 2 aromatic rings.